The molecule has 0 N–H and O–H groups in total. The minimum Gasteiger partial charge on any atom is -0.261 e. The first-order valence-corrected chi connectivity index (χ1v) is 4.80. The quantitative estimate of drug-likeness (QED) is 0.655. The normalized spacial score (nSPS) is 8.67. The molecule has 1 rings (SSSR count). The number of hydrogen-bond acceptors (Lipinski definition) is 1. The summed E-state index contributed by atoms with van der Waals surface area (Å²) in [7, 11) is 0. The Morgan fingerprint density at radius 3 is 2.08 bits per heavy atom. The highest BCUT2D eigenvalue weighted by Gasteiger charge is 1.89. The van der Waals surface area contributed by atoms with Crippen LogP contribution in [-0.4, -0.2) is 4.98 Å². The Bertz CT molecular complexity index is 166. The molecule has 0 bridgehead atoms. The van der Waals surface area contributed by atoms with E-state index in [9.17, 15) is 0 Å². The molecule has 0 saturated carbocycles. The van der Waals surface area contributed by atoms with E-state index >= 15 is 0 Å². The lowest BCUT2D eigenvalue weighted by atomic mass is 10.2. The van der Waals surface area contributed by atoms with Crippen LogP contribution in [0.5, 0.6) is 0 Å². The van der Waals surface area contributed by atoms with Gasteiger partial charge < -0.3 is 0 Å². The highest BCUT2D eigenvalue weighted by molar-refractivity contribution is 5.13. The van der Waals surface area contributed by atoms with Gasteiger partial charge in [-0.2, -0.15) is 0 Å². The highest BCUT2D eigenvalue weighted by atomic mass is 14.7. The van der Waals surface area contributed by atoms with Gasteiger partial charge >= 0.3 is 0 Å². The summed E-state index contributed by atoms with van der Waals surface area (Å²) in [5.74, 6) is 0. The van der Waals surface area contributed by atoms with E-state index in [2.05, 4.69) is 31.0 Å². The summed E-state index contributed by atoms with van der Waals surface area (Å²) in [5.41, 5.74) is 2.49. The summed E-state index contributed by atoms with van der Waals surface area (Å²) in [5, 5.41) is 0. The second kappa shape index (κ2) is 6.84. The molecule has 1 nitrogen and oxygen atoms in total. The Morgan fingerprint density at radius 2 is 1.75 bits per heavy atom. The van der Waals surface area contributed by atoms with Crippen LogP contribution in [0, 0.1) is 0 Å². The van der Waals surface area contributed by atoms with Crippen LogP contribution in [0.15, 0.2) is 18.3 Å². The van der Waals surface area contributed by atoms with Gasteiger partial charge in [0, 0.05) is 11.9 Å². The molecule has 0 aliphatic carbocycles. The van der Waals surface area contributed by atoms with Gasteiger partial charge in [0.05, 0.1) is 0 Å². The lowest BCUT2D eigenvalue weighted by molar-refractivity contribution is 1.00. The zero-order valence-corrected chi connectivity index (χ0v) is 8.59. The van der Waals surface area contributed by atoms with Crippen molar-refractivity contribution in [1.82, 2.24) is 4.98 Å². The molecule has 68 valence electrons. The molecule has 0 spiro atoms. The van der Waals surface area contributed by atoms with Crippen LogP contribution in [0.1, 0.15) is 39.0 Å². The fourth-order valence-electron chi connectivity index (χ4n) is 0.873. The summed E-state index contributed by atoms with van der Waals surface area (Å²) >= 11 is 0. The molecule has 0 unspecified atom stereocenters. The largest absolute Gasteiger partial charge is 0.261 e. The van der Waals surface area contributed by atoms with E-state index < -0.39 is 0 Å². The van der Waals surface area contributed by atoms with Gasteiger partial charge in [-0.25, -0.2) is 0 Å². The third-order valence-corrected chi connectivity index (χ3v) is 1.66. The molecule has 0 amide bonds. The molecule has 0 saturated heterocycles. The van der Waals surface area contributed by atoms with Gasteiger partial charge in [-0.15, -0.1) is 0 Å². The summed E-state index contributed by atoms with van der Waals surface area (Å²) in [6, 6.07) is 4.24. The van der Waals surface area contributed by atoms with Gasteiger partial charge in [-0.3, -0.25) is 4.98 Å². The molecule has 0 aliphatic rings. The van der Waals surface area contributed by atoms with Crippen molar-refractivity contribution in [2.45, 2.75) is 40.5 Å². The zero-order valence-electron chi connectivity index (χ0n) is 8.59. The van der Waals surface area contributed by atoms with Crippen LogP contribution in [0.3, 0.4) is 0 Å². The maximum absolute atomic E-state index is 4.27. The fraction of sp³-hybridized carbons (Fsp3) is 0.545. The first-order valence-electron chi connectivity index (χ1n) is 4.80. The minimum absolute atomic E-state index is 1.03. The van der Waals surface area contributed by atoms with Gasteiger partial charge in [0.1, 0.15) is 0 Å². The van der Waals surface area contributed by atoms with Crippen molar-refractivity contribution in [1.29, 1.82) is 0 Å². The third-order valence-electron chi connectivity index (χ3n) is 1.66. The van der Waals surface area contributed by atoms with Crippen molar-refractivity contribution in [3.8, 4) is 0 Å². The van der Waals surface area contributed by atoms with Crippen LogP contribution in [0.4, 0.5) is 0 Å². The van der Waals surface area contributed by atoms with Crippen molar-refractivity contribution >= 4 is 0 Å². The van der Waals surface area contributed by atoms with Gasteiger partial charge in [0.15, 0.2) is 0 Å². The smallest absolute Gasteiger partial charge is 0.0401 e. The van der Waals surface area contributed by atoms with Crippen LogP contribution in [0.2, 0.25) is 0 Å². The topological polar surface area (TPSA) is 12.9 Å². The third kappa shape index (κ3) is 3.51. The molecule has 1 aromatic rings. The minimum atomic E-state index is 1.03. The molecule has 0 atom stereocenters. The molecule has 1 heteroatoms. The number of aryl methyl sites for hydroxylation is 2. The zero-order chi connectivity index (χ0) is 9.40. The van der Waals surface area contributed by atoms with E-state index in [-0.39, 0.29) is 0 Å². The predicted octanol–water partition coefficient (Wildman–Crippen LogP) is 3.23. The van der Waals surface area contributed by atoms with Crippen LogP contribution in [-0.2, 0) is 12.8 Å². The number of aromatic nitrogens is 1. The molecule has 0 aliphatic heterocycles. The van der Waals surface area contributed by atoms with Gasteiger partial charge in [-0.1, -0.05) is 33.8 Å². The molecule has 1 heterocycles. The van der Waals surface area contributed by atoms with Crippen molar-refractivity contribution in [2.75, 3.05) is 0 Å². The van der Waals surface area contributed by atoms with E-state index in [1.165, 1.54) is 11.3 Å². The van der Waals surface area contributed by atoms with E-state index in [1.54, 1.807) is 0 Å². The van der Waals surface area contributed by atoms with E-state index in [1.807, 2.05) is 20.0 Å². The molecule has 12 heavy (non-hydrogen) atoms. The number of pyridine rings is 1. The SMILES string of the molecule is CC.CCc1ccc(CC)nc1. The summed E-state index contributed by atoms with van der Waals surface area (Å²) in [6.45, 7) is 8.26. The van der Waals surface area contributed by atoms with Crippen LogP contribution >= 0.6 is 0 Å². The Balaban J connectivity index is 0.000000561. The number of nitrogens with zero attached hydrogens (tertiary/aromatic N) is 1. The summed E-state index contributed by atoms with van der Waals surface area (Å²) in [4.78, 5) is 4.27. The predicted molar refractivity (Wildman–Crippen MR) is 54.3 cm³/mol. The van der Waals surface area contributed by atoms with Crippen LogP contribution in [0.25, 0.3) is 0 Å². The molecule has 0 fully saturated rings. The second-order valence-electron chi connectivity index (χ2n) is 2.36. The lowest BCUT2D eigenvalue weighted by Gasteiger charge is -1.96. The maximum atomic E-state index is 4.27. The van der Waals surface area contributed by atoms with Crippen molar-refractivity contribution in [3.05, 3.63) is 29.6 Å². The Labute approximate surface area is 75.8 Å². The molecule has 1 aromatic heterocycles. The average molecular weight is 165 g/mol. The van der Waals surface area contributed by atoms with Crippen LogP contribution < -0.4 is 0 Å². The summed E-state index contributed by atoms with van der Waals surface area (Å²) in [6.07, 6.45) is 4.07. The fourth-order valence-corrected chi connectivity index (χ4v) is 0.873. The van der Waals surface area contributed by atoms with Crippen molar-refractivity contribution < 1.29 is 0 Å². The monoisotopic (exact) mass is 165 g/mol. The molecule has 0 radical (unpaired) electrons. The lowest BCUT2D eigenvalue weighted by Crippen LogP contribution is -1.87. The second-order valence-corrected chi connectivity index (χ2v) is 2.36. The Morgan fingerprint density at radius 1 is 1.08 bits per heavy atom. The first kappa shape index (κ1) is 11.2. The maximum Gasteiger partial charge on any atom is 0.0401 e. The average Bonchev–Trinajstić information content (AvgIpc) is 2.21. The van der Waals surface area contributed by atoms with E-state index in [0.29, 0.717) is 0 Å². The molecular formula is C11H19N. The first-order chi connectivity index (χ1) is 5.86. The number of hydrogen-bond donors (Lipinski definition) is 0. The highest BCUT2D eigenvalue weighted by Crippen LogP contribution is 2.00. The molecule has 0 aromatic carbocycles. The Hall–Kier alpha value is -0.850. The Kier molecular flexibility index (Phi) is 6.35. The van der Waals surface area contributed by atoms with E-state index in [0.717, 1.165) is 12.8 Å². The van der Waals surface area contributed by atoms with Gasteiger partial charge in [0.2, 0.25) is 0 Å². The standard InChI is InChI=1S/C9H13N.C2H6/c1-3-8-5-6-9(4-2)10-7-8;1-2/h5-7H,3-4H2,1-2H3;1-2H3. The van der Waals surface area contributed by atoms with Crippen molar-refractivity contribution in [3.63, 3.8) is 0 Å². The van der Waals surface area contributed by atoms with Crippen molar-refractivity contribution in [2.24, 2.45) is 0 Å². The van der Waals surface area contributed by atoms with Gasteiger partial charge in [0.25, 0.3) is 0 Å². The van der Waals surface area contributed by atoms with E-state index in [4.69, 9.17) is 0 Å². The summed E-state index contributed by atoms with van der Waals surface area (Å²) < 4.78 is 0. The molecular weight excluding hydrogens is 146 g/mol. The van der Waals surface area contributed by atoms with Gasteiger partial charge in [-0.05, 0) is 24.5 Å². The number of rotatable bonds is 2.